The Morgan fingerprint density at radius 3 is 3.00 bits per heavy atom. The number of aromatic nitrogens is 2. The predicted octanol–water partition coefficient (Wildman–Crippen LogP) is 3.42. The third kappa shape index (κ3) is 2.92. The summed E-state index contributed by atoms with van der Waals surface area (Å²) in [5.41, 5.74) is 1.18. The Bertz CT molecular complexity index is 834. The van der Waals surface area contributed by atoms with Gasteiger partial charge in [0.25, 0.3) is 5.91 Å². The van der Waals surface area contributed by atoms with Gasteiger partial charge in [0.05, 0.1) is 22.9 Å². The minimum atomic E-state index is -0.207. The van der Waals surface area contributed by atoms with Gasteiger partial charge in [-0.3, -0.25) is 9.69 Å². The van der Waals surface area contributed by atoms with Gasteiger partial charge in [-0.2, -0.15) is 0 Å². The van der Waals surface area contributed by atoms with Gasteiger partial charge in [-0.05, 0) is 31.9 Å². The first kappa shape index (κ1) is 15.3. The van der Waals surface area contributed by atoms with Crippen molar-refractivity contribution in [1.82, 2.24) is 10.1 Å². The summed E-state index contributed by atoms with van der Waals surface area (Å²) in [5.74, 6) is 0.404. The smallest absolute Gasteiger partial charge is 0.282 e. The lowest BCUT2D eigenvalue weighted by Gasteiger charge is -2.21. The highest BCUT2D eigenvalue weighted by Crippen LogP contribution is 2.30. The molecular weight excluding hydrogens is 326 g/mol. The van der Waals surface area contributed by atoms with E-state index in [1.54, 1.807) is 17.9 Å². The summed E-state index contributed by atoms with van der Waals surface area (Å²) in [6.45, 7) is 2.99. The number of amides is 1. The van der Waals surface area contributed by atoms with Crippen LogP contribution in [0.3, 0.4) is 0 Å². The first-order valence-corrected chi connectivity index (χ1v) is 8.75. The number of rotatable bonds is 4. The first-order valence-electron chi connectivity index (χ1n) is 7.93. The number of nitrogens with zero attached hydrogens (tertiary/aromatic N) is 3. The second-order valence-electron chi connectivity index (χ2n) is 5.84. The number of aryl methyl sites for hydroxylation is 1. The molecule has 4 rings (SSSR count). The van der Waals surface area contributed by atoms with Crippen LogP contribution in [0.15, 0.2) is 34.9 Å². The average Bonchev–Trinajstić information content (AvgIpc) is 3.32. The molecule has 0 radical (unpaired) electrons. The summed E-state index contributed by atoms with van der Waals surface area (Å²) in [6.07, 6.45) is 2.01. The molecule has 1 aliphatic rings. The van der Waals surface area contributed by atoms with Crippen LogP contribution in [-0.4, -0.2) is 35.3 Å². The molecule has 1 amide bonds. The van der Waals surface area contributed by atoms with E-state index in [-0.39, 0.29) is 12.0 Å². The zero-order valence-corrected chi connectivity index (χ0v) is 14.1. The van der Waals surface area contributed by atoms with Gasteiger partial charge in [0, 0.05) is 12.7 Å². The Labute approximate surface area is 143 Å². The highest BCUT2D eigenvalue weighted by molar-refractivity contribution is 7.22. The van der Waals surface area contributed by atoms with E-state index in [9.17, 15) is 4.79 Å². The third-order valence-corrected chi connectivity index (χ3v) is 5.08. The SMILES string of the molecule is Cc1cc(C(=O)N(C[C@H]2CCCO2)c2nc3ccccc3s2)no1. The summed E-state index contributed by atoms with van der Waals surface area (Å²) < 4.78 is 11.8. The number of fused-ring (bicyclic) bond motifs is 1. The molecule has 1 atom stereocenters. The summed E-state index contributed by atoms with van der Waals surface area (Å²) in [5, 5.41) is 4.52. The largest absolute Gasteiger partial charge is 0.376 e. The molecule has 3 heterocycles. The molecule has 0 saturated carbocycles. The monoisotopic (exact) mass is 343 g/mol. The van der Waals surface area contributed by atoms with Crippen molar-refractivity contribution in [3.63, 3.8) is 0 Å². The van der Waals surface area contributed by atoms with Crippen LogP contribution in [0.5, 0.6) is 0 Å². The minimum absolute atomic E-state index is 0.0361. The molecule has 124 valence electrons. The molecule has 1 saturated heterocycles. The van der Waals surface area contributed by atoms with Crippen molar-refractivity contribution >= 4 is 32.6 Å². The molecule has 1 fully saturated rings. The number of anilines is 1. The van der Waals surface area contributed by atoms with Crippen molar-refractivity contribution in [3.8, 4) is 0 Å². The van der Waals surface area contributed by atoms with Gasteiger partial charge in [0.1, 0.15) is 5.76 Å². The van der Waals surface area contributed by atoms with Crippen LogP contribution in [0, 0.1) is 6.92 Å². The van der Waals surface area contributed by atoms with E-state index in [0.717, 1.165) is 29.7 Å². The van der Waals surface area contributed by atoms with Gasteiger partial charge < -0.3 is 9.26 Å². The van der Waals surface area contributed by atoms with E-state index in [2.05, 4.69) is 10.1 Å². The molecule has 7 heteroatoms. The molecule has 1 aromatic carbocycles. The number of hydrogen-bond donors (Lipinski definition) is 0. The Hall–Kier alpha value is -2.25. The van der Waals surface area contributed by atoms with Crippen molar-refractivity contribution in [1.29, 1.82) is 0 Å². The van der Waals surface area contributed by atoms with Gasteiger partial charge in [0.2, 0.25) is 0 Å². The van der Waals surface area contributed by atoms with E-state index in [1.807, 2.05) is 24.3 Å². The fourth-order valence-corrected chi connectivity index (χ4v) is 3.79. The fourth-order valence-electron chi connectivity index (χ4n) is 2.82. The number of carbonyl (C=O) groups excluding carboxylic acids is 1. The van der Waals surface area contributed by atoms with Crippen LogP contribution in [-0.2, 0) is 4.74 Å². The summed E-state index contributed by atoms with van der Waals surface area (Å²) >= 11 is 1.50. The maximum absolute atomic E-state index is 12.9. The number of ether oxygens (including phenoxy) is 1. The third-order valence-electron chi connectivity index (χ3n) is 4.02. The van der Waals surface area contributed by atoms with Crippen LogP contribution in [0.25, 0.3) is 10.2 Å². The van der Waals surface area contributed by atoms with E-state index in [0.29, 0.717) is 23.1 Å². The maximum Gasteiger partial charge on any atom is 0.282 e. The summed E-state index contributed by atoms with van der Waals surface area (Å²) in [7, 11) is 0. The van der Waals surface area contributed by atoms with E-state index in [1.165, 1.54) is 11.3 Å². The van der Waals surface area contributed by atoms with Gasteiger partial charge in [-0.15, -0.1) is 0 Å². The lowest BCUT2D eigenvalue weighted by atomic mass is 10.2. The Balaban J connectivity index is 1.69. The highest BCUT2D eigenvalue weighted by atomic mass is 32.1. The van der Waals surface area contributed by atoms with Crippen LogP contribution in [0.4, 0.5) is 5.13 Å². The summed E-state index contributed by atoms with van der Waals surface area (Å²) in [6, 6.07) is 9.52. The number of thiazole rings is 1. The Kier molecular flexibility index (Phi) is 4.03. The molecule has 0 bridgehead atoms. The van der Waals surface area contributed by atoms with Crippen molar-refractivity contribution < 1.29 is 14.1 Å². The zero-order chi connectivity index (χ0) is 16.5. The van der Waals surface area contributed by atoms with Crippen molar-refractivity contribution in [2.75, 3.05) is 18.1 Å². The van der Waals surface area contributed by atoms with Crippen molar-refractivity contribution in [2.24, 2.45) is 0 Å². The molecule has 0 N–H and O–H groups in total. The molecule has 1 aliphatic heterocycles. The van der Waals surface area contributed by atoms with Crippen LogP contribution in [0.1, 0.15) is 29.1 Å². The number of benzene rings is 1. The zero-order valence-electron chi connectivity index (χ0n) is 13.3. The van der Waals surface area contributed by atoms with E-state index >= 15 is 0 Å². The van der Waals surface area contributed by atoms with Crippen LogP contribution < -0.4 is 4.90 Å². The van der Waals surface area contributed by atoms with Gasteiger partial charge >= 0.3 is 0 Å². The molecule has 6 nitrogen and oxygen atoms in total. The molecule has 24 heavy (non-hydrogen) atoms. The molecule has 2 aromatic heterocycles. The van der Waals surface area contributed by atoms with Crippen molar-refractivity contribution in [2.45, 2.75) is 25.9 Å². The topological polar surface area (TPSA) is 68.5 Å². The maximum atomic E-state index is 12.9. The predicted molar refractivity (Wildman–Crippen MR) is 91.5 cm³/mol. The first-order chi connectivity index (χ1) is 11.7. The average molecular weight is 343 g/mol. The molecule has 0 unspecified atom stereocenters. The van der Waals surface area contributed by atoms with Gasteiger partial charge in [-0.25, -0.2) is 4.98 Å². The fraction of sp³-hybridized carbons (Fsp3) is 0.353. The molecule has 0 aliphatic carbocycles. The van der Waals surface area contributed by atoms with Gasteiger partial charge in [-0.1, -0.05) is 28.6 Å². The normalized spacial score (nSPS) is 17.5. The van der Waals surface area contributed by atoms with E-state index in [4.69, 9.17) is 9.26 Å². The standard InChI is InChI=1S/C17H17N3O3S/c1-11-9-14(19-23-11)16(21)20(10-12-5-4-8-22-12)17-18-13-6-2-3-7-15(13)24-17/h2-3,6-7,9,12H,4-5,8,10H2,1H3/t12-/m1/s1. The number of para-hydroxylation sites is 1. The Morgan fingerprint density at radius 2 is 2.29 bits per heavy atom. The lowest BCUT2D eigenvalue weighted by Crippen LogP contribution is -2.37. The van der Waals surface area contributed by atoms with Crippen LogP contribution in [0.2, 0.25) is 0 Å². The molecular formula is C17H17N3O3S. The van der Waals surface area contributed by atoms with Crippen LogP contribution >= 0.6 is 11.3 Å². The second kappa shape index (κ2) is 6.33. The number of hydrogen-bond acceptors (Lipinski definition) is 6. The Morgan fingerprint density at radius 1 is 1.42 bits per heavy atom. The molecule has 0 spiro atoms. The number of carbonyl (C=O) groups is 1. The van der Waals surface area contributed by atoms with Crippen molar-refractivity contribution in [3.05, 3.63) is 41.8 Å². The molecule has 3 aromatic rings. The summed E-state index contributed by atoms with van der Waals surface area (Å²) in [4.78, 5) is 19.2. The highest BCUT2D eigenvalue weighted by Gasteiger charge is 2.28. The lowest BCUT2D eigenvalue weighted by molar-refractivity contribution is 0.0910. The quantitative estimate of drug-likeness (QED) is 0.726. The van der Waals surface area contributed by atoms with E-state index < -0.39 is 0 Å². The minimum Gasteiger partial charge on any atom is -0.376 e. The second-order valence-corrected chi connectivity index (χ2v) is 6.85. The van der Waals surface area contributed by atoms with Gasteiger partial charge in [0.15, 0.2) is 10.8 Å².